The highest BCUT2D eigenvalue weighted by Gasteiger charge is 2.14. The van der Waals surface area contributed by atoms with Gasteiger partial charge in [0.2, 0.25) is 0 Å². The van der Waals surface area contributed by atoms with Crippen LogP contribution >= 0.6 is 0 Å². The molecule has 0 aliphatic rings. The first-order valence-electron chi connectivity index (χ1n) is 8.24. The number of aromatic nitrogens is 4. The van der Waals surface area contributed by atoms with Gasteiger partial charge in [-0.1, -0.05) is 30.3 Å². The van der Waals surface area contributed by atoms with Crippen molar-refractivity contribution in [3.63, 3.8) is 0 Å². The monoisotopic (exact) mass is 321 g/mol. The first kappa shape index (κ1) is 16.3. The van der Waals surface area contributed by atoms with E-state index in [0.29, 0.717) is 0 Å². The lowest BCUT2D eigenvalue weighted by Crippen LogP contribution is -2.33. The fourth-order valence-electron chi connectivity index (χ4n) is 2.52. The standard InChI is InChI=1S/C19H23N5/c1-14-9-23-24(13-14)16(3)15(2)20-10-17-11-21-19(22-12-17)18-7-5-4-6-8-18/h4-9,11-13,15-16,20H,10H2,1-3H3/t15-,16+/m0/s1. The molecule has 5 heteroatoms. The molecule has 3 aromatic rings. The number of hydrogen-bond donors (Lipinski definition) is 1. The van der Waals surface area contributed by atoms with Crippen LogP contribution in [-0.2, 0) is 6.54 Å². The van der Waals surface area contributed by atoms with Gasteiger partial charge in [-0.15, -0.1) is 0 Å². The highest BCUT2D eigenvalue weighted by Crippen LogP contribution is 2.14. The van der Waals surface area contributed by atoms with E-state index in [1.54, 1.807) is 0 Å². The van der Waals surface area contributed by atoms with E-state index >= 15 is 0 Å². The van der Waals surface area contributed by atoms with Gasteiger partial charge in [-0.2, -0.15) is 5.10 Å². The molecule has 5 nitrogen and oxygen atoms in total. The smallest absolute Gasteiger partial charge is 0.159 e. The van der Waals surface area contributed by atoms with Crippen LogP contribution in [-0.4, -0.2) is 25.8 Å². The number of aryl methyl sites for hydroxylation is 1. The Morgan fingerprint density at radius 1 is 1.04 bits per heavy atom. The first-order chi connectivity index (χ1) is 11.6. The third-order valence-corrected chi connectivity index (χ3v) is 4.24. The predicted molar refractivity (Wildman–Crippen MR) is 95.4 cm³/mol. The molecule has 0 aliphatic heterocycles. The molecule has 2 atom stereocenters. The summed E-state index contributed by atoms with van der Waals surface area (Å²) in [5.74, 6) is 0.757. The van der Waals surface area contributed by atoms with Crippen LogP contribution in [0.25, 0.3) is 11.4 Å². The van der Waals surface area contributed by atoms with Crippen LogP contribution in [0.1, 0.15) is 31.0 Å². The second kappa shape index (κ2) is 7.36. The van der Waals surface area contributed by atoms with E-state index in [2.05, 4.69) is 47.4 Å². The second-order valence-electron chi connectivity index (χ2n) is 6.19. The minimum Gasteiger partial charge on any atom is -0.308 e. The van der Waals surface area contributed by atoms with E-state index in [0.717, 1.165) is 23.5 Å². The predicted octanol–water partition coefficient (Wildman–Crippen LogP) is 3.39. The van der Waals surface area contributed by atoms with Crippen molar-refractivity contribution in [1.29, 1.82) is 0 Å². The van der Waals surface area contributed by atoms with Crippen LogP contribution in [0.15, 0.2) is 55.1 Å². The fraction of sp³-hybridized carbons (Fsp3) is 0.316. The summed E-state index contributed by atoms with van der Waals surface area (Å²) in [6, 6.07) is 10.6. The molecular weight excluding hydrogens is 298 g/mol. The number of nitrogens with zero attached hydrogens (tertiary/aromatic N) is 4. The van der Waals surface area contributed by atoms with Gasteiger partial charge in [0, 0.05) is 42.3 Å². The Morgan fingerprint density at radius 3 is 2.38 bits per heavy atom. The Balaban J connectivity index is 1.58. The van der Waals surface area contributed by atoms with Gasteiger partial charge in [0.15, 0.2) is 5.82 Å². The number of hydrogen-bond acceptors (Lipinski definition) is 4. The Kier molecular flexibility index (Phi) is 5.01. The fourth-order valence-corrected chi connectivity index (χ4v) is 2.52. The average Bonchev–Trinajstić information content (AvgIpc) is 3.06. The molecule has 2 heterocycles. The molecule has 0 fully saturated rings. The normalized spacial score (nSPS) is 13.6. The molecule has 124 valence electrons. The van der Waals surface area contributed by atoms with Crippen LogP contribution in [0.2, 0.25) is 0 Å². The Labute approximate surface area is 142 Å². The third kappa shape index (κ3) is 3.86. The van der Waals surface area contributed by atoms with Crippen molar-refractivity contribution < 1.29 is 0 Å². The molecule has 0 aliphatic carbocycles. The average molecular weight is 321 g/mol. The SMILES string of the molecule is Cc1cnn([C@H](C)[C@H](C)NCc2cnc(-c3ccccc3)nc2)c1. The summed E-state index contributed by atoms with van der Waals surface area (Å²) in [5, 5.41) is 7.91. The molecular formula is C19H23N5. The second-order valence-corrected chi connectivity index (χ2v) is 6.19. The summed E-state index contributed by atoms with van der Waals surface area (Å²) in [4.78, 5) is 8.93. The van der Waals surface area contributed by atoms with Crippen molar-refractivity contribution >= 4 is 0 Å². The van der Waals surface area contributed by atoms with Crippen LogP contribution in [0.3, 0.4) is 0 Å². The number of benzene rings is 1. The summed E-state index contributed by atoms with van der Waals surface area (Å²) in [7, 11) is 0. The molecule has 0 spiro atoms. The van der Waals surface area contributed by atoms with E-state index in [-0.39, 0.29) is 12.1 Å². The maximum absolute atomic E-state index is 4.46. The first-order valence-corrected chi connectivity index (χ1v) is 8.24. The van der Waals surface area contributed by atoms with Crippen LogP contribution < -0.4 is 5.32 Å². The Bertz CT molecular complexity index is 764. The highest BCUT2D eigenvalue weighted by molar-refractivity contribution is 5.53. The quantitative estimate of drug-likeness (QED) is 0.756. The van der Waals surface area contributed by atoms with E-state index < -0.39 is 0 Å². The van der Waals surface area contributed by atoms with Gasteiger partial charge in [-0.25, -0.2) is 9.97 Å². The number of nitrogens with one attached hydrogen (secondary N) is 1. The highest BCUT2D eigenvalue weighted by atomic mass is 15.3. The minimum atomic E-state index is 0.281. The van der Waals surface area contributed by atoms with Crippen molar-refractivity contribution in [2.24, 2.45) is 0 Å². The van der Waals surface area contributed by atoms with Gasteiger partial charge in [-0.3, -0.25) is 4.68 Å². The van der Waals surface area contributed by atoms with Gasteiger partial charge in [0.1, 0.15) is 0 Å². The summed E-state index contributed by atoms with van der Waals surface area (Å²) in [5.41, 5.74) is 3.29. The maximum atomic E-state index is 4.46. The van der Waals surface area contributed by atoms with Gasteiger partial charge in [0.25, 0.3) is 0 Å². The molecule has 0 unspecified atom stereocenters. The molecule has 3 rings (SSSR count). The molecule has 0 saturated heterocycles. The summed E-state index contributed by atoms with van der Waals surface area (Å²) < 4.78 is 2.00. The lowest BCUT2D eigenvalue weighted by atomic mass is 10.1. The van der Waals surface area contributed by atoms with Gasteiger partial charge in [-0.05, 0) is 26.3 Å². The van der Waals surface area contributed by atoms with Gasteiger partial charge < -0.3 is 5.32 Å². The largest absolute Gasteiger partial charge is 0.308 e. The Morgan fingerprint density at radius 2 is 1.75 bits per heavy atom. The third-order valence-electron chi connectivity index (χ3n) is 4.24. The zero-order chi connectivity index (χ0) is 16.9. The van der Waals surface area contributed by atoms with Crippen molar-refractivity contribution in [2.75, 3.05) is 0 Å². The molecule has 1 N–H and O–H groups in total. The Hall–Kier alpha value is -2.53. The topological polar surface area (TPSA) is 55.6 Å². The lowest BCUT2D eigenvalue weighted by molar-refractivity contribution is 0.364. The van der Waals surface area contributed by atoms with Gasteiger partial charge in [0.05, 0.1) is 12.2 Å². The molecule has 0 radical (unpaired) electrons. The molecule has 1 aromatic carbocycles. The molecule has 24 heavy (non-hydrogen) atoms. The van der Waals surface area contributed by atoms with Crippen LogP contribution in [0.5, 0.6) is 0 Å². The number of rotatable bonds is 6. The van der Waals surface area contributed by atoms with Crippen molar-refractivity contribution in [3.8, 4) is 11.4 Å². The molecule has 0 amide bonds. The van der Waals surface area contributed by atoms with Crippen molar-refractivity contribution in [1.82, 2.24) is 25.1 Å². The zero-order valence-corrected chi connectivity index (χ0v) is 14.3. The minimum absolute atomic E-state index is 0.281. The maximum Gasteiger partial charge on any atom is 0.159 e. The van der Waals surface area contributed by atoms with E-state index in [4.69, 9.17) is 0 Å². The van der Waals surface area contributed by atoms with Crippen molar-refractivity contribution in [2.45, 2.75) is 39.4 Å². The molecule has 2 aromatic heterocycles. The lowest BCUT2D eigenvalue weighted by Gasteiger charge is -2.21. The van der Waals surface area contributed by atoms with Crippen molar-refractivity contribution in [3.05, 3.63) is 66.2 Å². The zero-order valence-electron chi connectivity index (χ0n) is 14.3. The summed E-state index contributed by atoms with van der Waals surface area (Å²) >= 11 is 0. The summed E-state index contributed by atoms with van der Waals surface area (Å²) in [6.45, 7) is 7.13. The van der Waals surface area contributed by atoms with Crippen LogP contribution in [0.4, 0.5) is 0 Å². The molecule has 0 bridgehead atoms. The van der Waals surface area contributed by atoms with Crippen LogP contribution in [0, 0.1) is 6.92 Å². The summed E-state index contributed by atoms with van der Waals surface area (Å²) in [6.07, 6.45) is 7.73. The van der Waals surface area contributed by atoms with E-state index in [1.807, 2.05) is 53.6 Å². The molecule has 0 saturated carbocycles. The van der Waals surface area contributed by atoms with Gasteiger partial charge >= 0.3 is 0 Å². The van der Waals surface area contributed by atoms with E-state index in [1.165, 1.54) is 5.56 Å². The van der Waals surface area contributed by atoms with E-state index in [9.17, 15) is 0 Å².